The van der Waals surface area contributed by atoms with Crippen LogP contribution in [-0.4, -0.2) is 52.6 Å². The van der Waals surface area contributed by atoms with Crippen LogP contribution in [0.4, 0.5) is 17.1 Å². The molecule has 0 unspecified atom stereocenters. The van der Waals surface area contributed by atoms with Crippen LogP contribution in [0.15, 0.2) is 71.6 Å². The van der Waals surface area contributed by atoms with Crippen molar-refractivity contribution in [2.75, 3.05) is 30.9 Å². The van der Waals surface area contributed by atoms with Crippen molar-refractivity contribution >= 4 is 39.0 Å². The molecule has 0 heterocycles. The third-order valence-electron chi connectivity index (χ3n) is 5.47. The number of hydrogen-bond acceptors (Lipinski definition) is 9. The van der Waals surface area contributed by atoms with Gasteiger partial charge in [-0.2, -0.15) is 0 Å². The summed E-state index contributed by atoms with van der Waals surface area (Å²) >= 11 is 0. The zero-order chi connectivity index (χ0) is 28.0. The number of hydrogen-bond donors (Lipinski definition) is 1. The molecule has 38 heavy (non-hydrogen) atoms. The molecular weight excluding hydrogens is 518 g/mol. The predicted octanol–water partition coefficient (Wildman–Crippen LogP) is 3.62. The summed E-state index contributed by atoms with van der Waals surface area (Å²) in [6.45, 7) is 1.30. The molecule has 0 fully saturated rings. The van der Waals surface area contributed by atoms with Crippen LogP contribution in [-0.2, 0) is 19.6 Å². The molecule has 1 N–H and O–H groups in total. The molecule has 0 radical (unpaired) electrons. The molecule has 0 aliphatic carbocycles. The van der Waals surface area contributed by atoms with Crippen LogP contribution < -0.4 is 19.1 Å². The van der Waals surface area contributed by atoms with Gasteiger partial charge in [0, 0.05) is 19.2 Å². The van der Waals surface area contributed by atoms with Crippen LogP contribution in [0.5, 0.6) is 11.5 Å². The number of sulfonamides is 1. The summed E-state index contributed by atoms with van der Waals surface area (Å²) in [4.78, 5) is 35.6. The molecule has 200 valence electrons. The SMILES string of the molecule is COc1ccc(N(C)S(=O)(=O)c2cccc(C(=O)O[C@@H](C)C(=O)Nc3cc([N+](=O)[O-])ccc3OC)c2)cc1. The number of nitro benzene ring substituents is 1. The highest BCUT2D eigenvalue weighted by Crippen LogP contribution is 2.29. The van der Waals surface area contributed by atoms with Gasteiger partial charge in [-0.15, -0.1) is 0 Å². The molecule has 0 aliphatic rings. The number of rotatable bonds is 10. The van der Waals surface area contributed by atoms with E-state index < -0.39 is 32.9 Å². The smallest absolute Gasteiger partial charge is 0.338 e. The molecule has 0 saturated heterocycles. The lowest BCUT2D eigenvalue weighted by Gasteiger charge is -2.20. The van der Waals surface area contributed by atoms with Gasteiger partial charge in [0.1, 0.15) is 11.5 Å². The van der Waals surface area contributed by atoms with Crippen molar-refractivity contribution in [3.63, 3.8) is 0 Å². The number of methoxy groups -OCH3 is 2. The van der Waals surface area contributed by atoms with E-state index in [2.05, 4.69) is 5.32 Å². The van der Waals surface area contributed by atoms with Gasteiger partial charge in [0.2, 0.25) is 0 Å². The Balaban J connectivity index is 1.75. The predicted molar refractivity (Wildman–Crippen MR) is 138 cm³/mol. The Kier molecular flexibility index (Phi) is 8.53. The first kappa shape index (κ1) is 27.9. The van der Waals surface area contributed by atoms with Crippen molar-refractivity contribution < 1.29 is 37.1 Å². The van der Waals surface area contributed by atoms with Crippen molar-refractivity contribution in [3.05, 3.63) is 82.4 Å². The Morgan fingerprint density at radius 1 is 1.00 bits per heavy atom. The molecule has 0 aromatic heterocycles. The van der Waals surface area contributed by atoms with Crippen LogP contribution in [0.25, 0.3) is 0 Å². The summed E-state index contributed by atoms with van der Waals surface area (Å²) in [7, 11) is 0.158. The van der Waals surface area contributed by atoms with E-state index in [1.54, 1.807) is 24.3 Å². The number of carbonyl (C=O) groups is 2. The van der Waals surface area contributed by atoms with Crippen molar-refractivity contribution in [1.82, 2.24) is 0 Å². The first-order valence-electron chi connectivity index (χ1n) is 11.0. The standard InChI is InChI=1S/C25H25N3O9S/c1-16(24(29)26-22-15-19(28(31)32)10-13-23(22)36-4)37-25(30)17-6-5-7-21(14-17)38(33,34)27(2)18-8-11-20(35-3)12-9-18/h5-16H,1-4H3,(H,26,29)/t16-/m0/s1. The lowest BCUT2D eigenvalue weighted by molar-refractivity contribution is -0.384. The quantitative estimate of drug-likeness (QED) is 0.229. The Hall–Kier alpha value is -4.65. The van der Waals surface area contributed by atoms with Crippen molar-refractivity contribution in [2.45, 2.75) is 17.9 Å². The lowest BCUT2D eigenvalue weighted by atomic mass is 10.2. The second-order valence-electron chi connectivity index (χ2n) is 7.88. The van der Waals surface area contributed by atoms with Gasteiger partial charge in [-0.1, -0.05) is 6.07 Å². The summed E-state index contributed by atoms with van der Waals surface area (Å²) in [5.74, 6) is -0.990. The number of nitrogens with zero attached hydrogens (tertiary/aromatic N) is 2. The Morgan fingerprint density at radius 2 is 1.68 bits per heavy atom. The normalized spacial score (nSPS) is 11.7. The van der Waals surface area contributed by atoms with Crippen LogP contribution in [0.1, 0.15) is 17.3 Å². The average molecular weight is 544 g/mol. The van der Waals surface area contributed by atoms with Gasteiger partial charge in [0.05, 0.1) is 41.0 Å². The van der Waals surface area contributed by atoms with Crippen LogP contribution >= 0.6 is 0 Å². The van der Waals surface area contributed by atoms with Crippen molar-refractivity contribution in [2.24, 2.45) is 0 Å². The maximum absolute atomic E-state index is 13.1. The molecule has 0 saturated carbocycles. The zero-order valence-electron chi connectivity index (χ0n) is 20.9. The number of nitro groups is 1. The van der Waals surface area contributed by atoms with Gasteiger partial charge in [-0.25, -0.2) is 13.2 Å². The topological polar surface area (TPSA) is 154 Å². The van der Waals surface area contributed by atoms with E-state index in [-0.39, 0.29) is 27.6 Å². The number of carbonyl (C=O) groups excluding carboxylic acids is 2. The minimum atomic E-state index is -4.04. The summed E-state index contributed by atoms with van der Waals surface area (Å²) in [5.41, 5.74) is 0.0232. The van der Waals surface area contributed by atoms with Gasteiger partial charge < -0.3 is 19.5 Å². The maximum Gasteiger partial charge on any atom is 0.338 e. The van der Waals surface area contributed by atoms with E-state index in [1.807, 2.05) is 0 Å². The van der Waals surface area contributed by atoms with E-state index in [0.29, 0.717) is 11.4 Å². The summed E-state index contributed by atoms with van der Waals surface area (Å²) in [6.07, 6.45) is -1.33. The second kappa shape index (κ2) is 11.6. The van der Waals surface area contributed by atoms with E-state index in [9.17, 15) is 28.1 Å². The second-order valence-corrected chi connectivity index (χ2v) is 9.85. The van der Waals surface area contributed by atoms with Gasteiger partial charge >= 0.3 is 5.97 Å². The zero-order valence-corrected chi connectivity index (χ0v) is 21.7. The molecular formula is C25H25N3O9S. The van der Waals surface area contributed by atoms with Crippen LogP contribution in [0.3, 0.4) is 0 Å². The highest BCUT2D eigenvalue weighted by molar-refractivity contribution is 7.92. The van der Waals surface area contributed by atoms with E-state index in [1.165, 1.54) is 58.5 Å². The lowest BCUT2D eigenvalue weighted by Crippen LogP contribution is -2.30. The number of anilines is 2. The molecule has 13 heteroatoms. The van der Waals surface area contributed by atoms with Gasteiger partial charge in [0.15, 0.2) is 6.10 Å². The first-order valence-corrected chi connectivity index (χ1v) is 12.5. The molecule has 0 bridgehead atoms. The summed E-state index contributed by atoms with van der Waals surface area (Å²) < 4.78 is 42.8. The number of amides is 1. The number of benzene rings is 3. The van der Waals surface area contributed by atoms with E-state index in [4.69, 9.17) is 14.2 Å². The number of non-ortho nitro benzene ring substituents is 1. The van der Waals surface area contributed by atoms with Gasteiger partial charge in [-0.3, -0.25) is 19.2 Å². The number of esters is 1. The van der Waals surface area contributed by atoms with Crippen LogP contribution in [0.2, 0.25) is 0 Å². The van der Waals surface area contributed by atoms with E-state index >= 15 is 0 Å². The number of ether oxygens (including phenoxy) is 3. The Morgan fingerprint density at radius 3 is 2.29 bits per heavy atom. The van der Waals surface area contributed by atoms with Crippen LogP contribution in [0, 0.1) is 10.1 Å². The largest absolute Gasteiger partial charge is 0.497 e. The fourth-order valence-electron chi connectivity index (χ4n) is 3.30. The minimum absolute atomic E-state index is 0.0178. The molecule has 12 nitrogen and oxygen atoms in total. The summed E-state index contributed by atoms with van der Waals surface area (Å²) in [6, 6.07) is 15.2. The highest BCUT2D eigenvalue weighted by atomic mass is 32.2. The summed E-state index contributed by atoms with van der Waals surface area (Å²) in [5, 5.41) is 13.5. The number of nitrogens with one attached hydrogen (secondary N) is 1. The van der Waals surface area contributed by atoms with Gasteiger partial charge in [0.25, 0.3) is 21.6 Å². The van der Waals surface area contributed by atoms with Gasteiger partial charge in [-0.05, 0) is 55.5 Å². The Bertz CT molecular complexity index is 1460. The van der Waals surface area contributed by atoms with E-state index in [0.717, 1.165) is 16.4 Å². The third kappa shape index (κ3) is 6.18. The van der Waals surface area contributed by atoms with Crippen molar-refractivity contribution in [3.8, 4) is 11.5 Å². The average Bonchev–Trinajstić information content (AvgIpc) is 2.92. The molecule has 1 amide bonds. The Labute approximate surface area is 218 Å². The monoisotopic (exact) mass is 543 g/mol. The fourth-order valence-corrected chi connectivity index (χ4v) is 4.54. The fraction of sp³-hybridized carbons (Fsp3) is 0.200. The molecule has 3 aromatic carbocycles. The maximum atomic E-state index is 13.1. The van der Waals surface area contributed by atoms with Crippen molar-refractivity contribution in [1.29, 1.82) is 0 Å². The highest BCUT2D eigenvalue weighted by Gasteiger charge is 2.25. The molecule has 0 spiro atoms. The molecule has 3 aromatic rings. The molecule has 1 atom stereocenters. The third-order valence-corrected chi connectivity index (χ3v) is 7.25. The minimum Gasteiger partial charge on any atom is -0.497 e. The first-order chi connectivity index (χ1) is 18.0. The molecule has 0 aliphatic heterocycles. The molecule has 3 rings (SSSR count).